The number of morpholine rings is 1. The third-order valence-corrected chi connectivity index (χ3v) is 7.61. The second-order valence-electron chi connectivity index (χ2n) is 9.05. The highest BCUT2D eigenvalue weighted by atomic mass is 35.5. The van der Waals surface area contributed by atoms with Crippen molar-refractivity contribution in [1.29, 1.82) is 0 Å². The second-order valence-corrected chi connectivity index (χ2v) is 9.87. The highest BCUT2D eigenvalue weighted by Crippen LogP contribution is 2.41. The van der Waals surface area contributed by atoms with Crippen LogP contribution in [0, 0.1) is 13.8 Å². The van der Waals surface area contributed by atoms with Crippen LogP contribution in [0.4, 0.5) is 0 Å². The molecule has 0 spiro atoms. The van der Waals surface area contributed by atoms with Crippen molar-refractivity contribution in [3.63, 3.8) is 0 Å². The Bertz CT molecular complexity index is 1390. The number of Topliss-reactive ketones (excluding diaryl/α,β-unsaturated/α-hetero) is 1. The standard InChI is InChI=1S/C26H26Cl2N4O4/c1-15-4-3-7-31-16(2)21(29-25(15)31)23(33)20-22(17-5-6-18(27)19(28)14-17)32(26(35)24(20)34)9-8-30-10-12-36-13-11-30/h3-7,14,22,33H,8-13H2,1-2H3/b23-20+. The van der Waals surface area contributed by atoms with E-state index in [0.717, 1.165) is 18.7 Å². The Hall–Kier alpha value is -2.91. The molecular weight excluding hydrogens is 503 g/mol. The van der Waals surface area contributed by atoms with Crippen LogP contribution in [0.15, 0.2) is 42.1 Å². The number of pyridine rings is 1. The average Bonchev–Trinajstić information content (AvgIpc) is 3.34. The number of aromatic nitrogens is 2. The summed E-state index contributed by atoms with van der Waals surface area (Å²) < 4.78 is 7.27. The van der Waals surface area contributed by atoms with Crippen LogP contribution in [-0.4, -0.2) is 75.4 Å². The highest BCUT2D eigenvalue weighted by Gasteiger charge is 2.46. The molecule has 2 saturated heterocycles. The number of ketones is 1. The summed E-state index contributed by atoms with van der Waals surface area (Å²) in [6.07, 6.45) is 1.85. The number of aliphatic hydroxyl groups is 1. The number of rotatable bonds is 5. The lowest BCUT2D eigenvalue weighted by Gasteiger charge is -2.31. The molecule has 2 aliphatic heterocycles. The molecule has 8 nitrogen and oxygen atoms in total. The van der Waals surface area contributed by atoms with Crippen molar-refractivity contribution in [2.24, 2.45) is 0 Å². The van der Waals surface area contributed by atoms with Gasteiger partial charge in [0.05, 0.1) is 40.6 Å². The molecule has 10 heteroatoms. The van der Waals surface area contributed by atoms with E-state index in [9.17, 15) is 14.7 Å². The van der Waals surface area contributed by atoms with Crippen molar-refractivity contribution >= 4 is 46.3 Å². The van der Waals surface area contributed by atoms with Crippen molar-refractivity contribution < 1.29 is 19.4 Å². The third-order valence-electron chi connectivity index (χ3n) is 6.87. The molecule has 3 aromatic rings. The lowest BCUT2D eigenvalue weighted by Crippen LogP contribution is -2.42. The fraction of sp³-hybridized carbons (Fsp3) is 0.346. The summed E-state index contributed by atoms with van der Waals surface area (Å²) in [6.45, 7) is 7.37. The summed E-state index contributed by atoms with van der Waals surface area (Å²) in [6, 6.07) is 7.97. The first-order chi connectivity index (χ1) is 17.3. The van der Waals surface area contributed by atoms with E-state index in [4.69, 9.17) is 27.9 Å². The van der Waals surface area contributed by atoms with Crippen molar-refractivity contribution in [2.45, 2.75) is 19.9 Å². The smallest absolute Gasteiger partial charge is 0.295 e. The summed E-state index contributed by atoms with van der Waals surface area (Å²) >= 11 is 12.5. The van der Waals surface area contributed by atoms with Crippen LogP contribution < -0.4 is 0 Å². The molecule has 2 aliphatic rings. The number of amides is 1. The number of halogens is 2. The van der Waals surface area contributed by atoms with Gasteiger partial charge in [0.2, 0.25) is 0 Å². The lowest BCUT2D eigenvalue weighted by molar-refractivity contribution is -0.140. The molecule has 36 heavy (non-hydrogen) atoms. The van der Waals surface area contributed by atoms with Crippen LogP contribution >= 0.6 is 23.2 Å². The highest BCUT2D eigenvalue weighted by molar-refractivity contribution is 6.46. The zero-order valence-corrected chi connectivity index (χ0v) is 21.5. The zero-order chi connectivity index (χ0) is 25.6. The first kappa shape index (κ1) is 24.8. The molecule has 1 unspecified atom stereocenters. The zero-order valence-electron chi connectivity index (χ0n) is 20.0. The first-order valence-corrected chi connectivity index (χ1v) is 12.5. The predicted molar refractivity (Wildman–Crippen MR) is 137 cm³/mol. The van der Waals surface area contributed by atoms with Crippen LogP contribution in [-0.2, 0) is 14.3 Å². The first-order valence-electron chi connectivity index (χ1n) is 11.8. The normalized spacial score (nSPS) is 20.6. The maximum Gasteiger partial charge on any atom is 0.295 e. The van der Waals surface area contributed by atoms with Gasteiger partial charge in [-0.1, -0.05) is 35.3 Å². The van der Waals surface area contributed by atoms with Crippen LogP contribution in [0.3, 0.4) is 0 Å². The molecule has 1 aromatic carbocycles. The van der Waals surface area contributed by atoms with Gasteiger partial charge in [-0.05, 0) is 43.2 Å². The van der Waals surface area contributed by atoms with E-state index in [-0.39, 0.29) is 17.0 Å². The number of nitrogens with zero attached hydrogens (tertiary/aromatic N) is 4. The fourth-order valence-corrected chi connectivity index (χ4v) is 5.19. The summed E-state index contributed by atoms with van der Waals surface area (Å²) in [7, 11) is 0. The Kier molecular flexibility index (Phi) is 6.78. The summed E-state index contributed by atoms with van der Waals surface area (Å²) in [4.78, 5) is 35.0. The average molecular weight is 529 g/mol. The summed E-state index contributed by atoms with van der Waals surface area (Å²) in [5.41, 5.74) is 3.10. The molecule has 4 heterocycles. The minimum absolute atomic E-state index is 0.00970. The number of aliphatic hydroxyl groups excluding tert-OH is 1. The largest absolute Gasteiger partial charge is 0.505 e. The molecule has 0 saturated carbocycles. The van der Waals surface area contributed by atoms with Gasteiger partial charge in [0.1, 0.15) is 11.3 Å². The number of carbonyl (C=O) groups excluding carboxylic acids is 2. The van der Waals surface area contributed by atoms with Gasteiger partial charge in [0, 0.05) is 32.4 Å². The van der Waals surface area contributed by atoms with Crippen LogP contribution in [0.5, 0.6) is 0 Å². The SMILES string of the molecule is Cc1cccn2c(C)c(/C(O)=C3\C(=O)C(=O)N(CCN4CCOCC4)C3c3ccc(Cl)c(Cl)c3)nc12. The van der Waals surface area contributed by atoms with E-state index >= 15 is 0 Å². The molecule has 0 bridgehead atoms. The minimum Gasteiger partial charge on any atom is -0.505 e. The Labute approximate surface area is 218 Å². The van der Waals surface area contributed by atoms with Crippen LogP contribution in [0.1, 0.15) is 28.6 Å². The van der Waals surface area contributed by atoms with Crippen molar-refractivity contribution in [3.8, 4) is 0 Å². The second kappa shape index (κ2) is 9.86. The third kappa shape index (κ3) is 4.28. The van der Waals surface area contributed by atoms with E-state index in [1.54, 1.807) is 18.2 Å². The van der Waals surface area contributed by atoms with Crippen LogP contribution in [0.25, 0.3) is 11.4 Å². The van der Waals surface area contributed by atoms with Crippen molar-refractivity contribution in [1.82, 2.24) is 19.2 Å². The van der Waals surface area contributed by atoms with Gasteiger partial charge in [-0.2, -0.15) is 0 Å². The van der Waals surface area contributed by atoms with Gasteiger partial charge in [-0.15, -0.1) is 0 Å². The number of imidazole rings is 1. The number of fused-ring (bicyclic) bond motifs is 1. The van der Waals surface area contributed by atoms with E-state index in [1.165, 1.54) is 4.90 Å². The Morgan fingerprint density at radius 1 is 1.11 bits per heavy atom. The molecule has 1 amide bonds. The predicted octanol–water partition coefficient (Wildman–Crippen LogP) is 4.01. The van der Waals surface area contributed by atoms with Crippen molar-refractivity contribution in [2.75, 3.05) is 39.4 Å². The quantitative estimate of drug-likeness (QED) is 0.306. The van der Waals surface area contributed by atoms with E-state index in [1.807, 2.05) is 36.6 Å². The summed E-state index contributed by atoms with van der Waals surface area (Å²) in [5.74, 6) is -1.73. The molecular formula is C26H26Cl2N4O4. The molecule has 0 aliphatic carbocycles. The monoisotopic (exact) mass is 528 g/mol. The van der Waals surface area contributed by atoms with Gasteiger partial charge in [-0.3, -0.25) is 14.5 Å². The Morgan fingerprint density at radius 3 is 2.56 bits per heavy atom. The topological polar surface area (TPSA) is 87.4 Å². The van der Waals surface area contributed by atoms with Gasteiger partial charge >= 0.3 is 0 Å². The number of hydrogen-bond donors (Lipinski definition) is 1. The molecule has 0 radical (unpaired) electrons. The van der Waals surface area contributed by atoms with Crippen LogP contribution in [0.2, 0.25) is 10.0 Å². The molecule has 5 rings (SSSR count). The van der Waals surface area contributed by atoms with E-state index in [0.29, 0.717) is 53.3 Å². The van der Waals surface area contributed by atoms with E-state index in [2.05, 4.69) is 9.88 Å². The number of benzene rings is 1. The maximum atomic E-state index is 13.4. The Balaban J connectivity index is 1.62. The molecule has 2 fully saturated rings. The Morgan fingerprint density at radius 2 is 1.86 bits per heavy atom. The maximum absolute atomic E-state index is 13.4. The molecule has 188 valence electrons. The number of aryl methyl sites for hydroxylation is 2. The number of carbonyl (C=O) groups is 2. The fourth-order valence-electron chi connectivity index (χ4n) is 4.89. The molecule has 1 N–H and O–H groups in total. The summed E-state index contributed by atoms with van der Waals surface area (Å²) in [5, 5.41) is 12.1. The lowest BCUT2D eigenvalue weighted by atomic mass is 9.96. The van der Waals surface area contributed by atoms with Gasteiger partial charge in [0.25, 0.3) is 11.7 Å². The van der Waals surface area contributed by atoms with Gasteiger partial charge in [-0.25, -0.2) is 4.98 Å². The number of ether oxygens (including phenoxy) is 1. The van der Waals surface area contributed by atoms with Gasteiger partial charge in [0.15, 0.2) is 5.76 Å². The van der Waals surface area contributed by atoms with Gasteiger partial charge < -0.3 is 19.1 Å². The molecule has 2 aromatic heterocycles. The number of hydrogen-bond acceptors (Lipinski definition) is 6. The minimum atomic E-state index is -0.828. The van der Waals surface area contributed by atoms with Crippen molar-refractivity contribution in [3.05, 3.63) is 74.7 Å². The number of likely N-dealkylation sites (tertiary alicyclic amines) is 1. The molecule has 1 atom stereocenters. The van der Waals surface area contributed by atoms with E-state index < -0.39 is 17.7 Å².